The Bertz CT molecular complexity index is 1720. The monoisotopic (exact) mass is 581 g/mol. The number of piperazine rings is 1. The number of aryl methyl sites for hydroxylation is 1. The molecular weight excluding hydrogens is 554 g/mol. The van der Waals surface area contributed by atoms with Crippen LogP contribution in [0, 0.1) is 12.7 Å². The van der Waals surface area contributed by atoms with Gasteiger partial charge in [0.15, 0.2) is 0 Å². The highest BCUT2D eigenvalue weighted by molar-refractivity contribution is 6.05. The number of primary amides is 1. The summed E-state index contributed by atoms with van der Waals surface area (Å²) in [6.45, 7) is 3.86. The number of nitrogens with one attached hydrogen (secondary N) is 1. The number of fused-ring (bicyclic) bond motifs is 1. The number of nitrogens with two attached hydrogens (primary N) is 2. The number of hydrogen-bond donors (Lipinski definition) is 3. The number of alkyl halides is 3. The van der Waals surface area contributed by atoms with Crippen LogP contribution in [0.15, 0.2) is 48.5 Å². The van der Waals surface area contributed by atoms with E-state index in [2.05, 4.69) is 15.3 Å². The number of hydrogen-bond acceptors (Lipinski definition) is 7. The summed E-state index contributed by atoms with van der Waals surface area (Å²) >= 11 is 0. The molecule has 1 aromatic heterocycles. The van der Waals surface area contributed by atoms with Crippen molar-refractivity contribution in [2.75, 3.05) is 49.2 Å². The van der Waals surface area contributed by atoms with Crippen molar-refractivity contribution in [2.45, 2.75) is 13.1 Å². The highest BCUT2D eigenvalue weighted by Crippen LogP contribution is 2.38. The molecule has 0 atom stereocenters. The largest absolute Gasteiger partial charge is 0.418 e. The maximum absolute atomic E-state index is 15.7. The van der Waals surface area contributed by atoms with E-state index in [1.54, 1.807) is 24.0 Å². The van der Waals surface area contributed by atoms with Crippen molar-refractivity contribution in [1.82, 2.24) is 14.9 Å². The number of halogens is 4. The molecule has 218 valence electrons. The van der Waals surface area contributed by atoms with Crippen LogP contribution < -0.4 is 21.7 Å². The second-order valence-corrected chi connectivity index (χ2v) is 10.1. The highest BCUT2D eigenvalue weighted by atomic mass is 19.4. The molecule has 0 radical (unpaired) electrons. The first-order valence-electron chi connectivity index (χ1n) is 13.0. The summed E-state index contributed by atoms with van der Waals surface area (Å²) in [5.41, 5.74) is 11.6. The van der Waals surface area contributed by atoms with Gasteiger partial charge in [-0.05, 0) is 67.6 Å². The Morgan fingerprint density at radius 1 is 0.952 bits per heavy atom. The minimum atomic E-state index is -4.66. The van der Waals surface area contributed by atoms with E-state index in [9.17, 15) is 22.8 Å². The number of carbonyl (C=O) groups is 2. The Morgan fingerprint density at radius 2 is 1.67 bits per heavy atom. The first-order chi connectivity index (χ1) is 19.8. The molecule has 1 fully saturated rings. The van der Waals surface area contributed by atoms with Gasteiger partial charge in [-0.25, -0.2) is 14.4 Å². The van der Waals surface area contributed by atoms with Gasteiger partial charge in [0, 0.05) is 48.7 Å². The number of likely N-dealkylation sites (N-methyl/N-ethyl adjacent to an activating group) is 1. The second-order valence-electron chi connectivity index (χ2n) is 10.1. The Hall–Kier alpha value is -4.78. The summed E-state index contributed by atoms with van der Waals surface area (Å²) in [5, 5.41) is 2.51. The molecule has 5 N–H and O–H groups in total. The zero-order valence-electron chi connectivity index (χ0n) is 22.7. The third-order valence-electron chi connectivity index (χ3n) is 7.24. The van der Waals surface area contributed by atoms with Crippen molar-refractivity contribution in [3.05, 3.63) is 76.9 Å². The van der Waals surface area contributed by atoms with E-state index in [-0.39, 0.29) is 45.0 Å². The first-order valence-corrected chi connectivity index (χ1v) is 13.0. The molecule has 5 rings (SSSR count). The second kappa shape index (κ2) is 10.9. The number of amides is 2. The minimum absolute atomic E-state index is 0.0303. The fourth-order valence-electron chi connectivity index (χ4n) is 4.95. The van der Waals surface area contributed by atoms with E-state index in [1.165, 1.54) is 30.3 Å². The van der Waals surface area contributed by atoms with Gasteiger partial charge in [0.25, 0.3) is 11.8 Å². The van der Waals surface area contributed by atoms with Crippen LogP contribution >= 0.6 is 0 Å². The number of nitrogens with zero attached hydrogens (tertiary/aromatic N) is 4. The van der Waals surface area contributed by atoms with Gasteiger partial charge < -0.3 is 26.6 Å². The van der Waals surface area contributed by atoms with E-state index < -0.39 is 29.4 Å². The van der Waals surface area contributed by atoms with Crippen LogP contribution in [0.1, 0.15) is 32.1 Å². The lowest BCUT2D eigenvalue weighted by atomic mass is 9.97. The summed E-state index contributed by atoms with van der Waals surface area (Å²) in [5.74, 6) is -3.03. The average Bonchev–Trinajstić information content (AvgIpc) is 2.94. The van der Waals surface area contributed by atoms with Crippen molar-refractivity contribution >= 4 is 39.9 Å². The Labute approximate surface area is 238 Å². The number of nitrogen functional groups attached to an aromatic ring is 1. The van der Waals surface area contributed by atoms with Crippen LogP contribution in [0.3, 0.4) is 0 Å². The Morgan fingerprint density at radius 3 is 2.33 bits per heavy atom. The standard InChI is InChI=1S/C29H27F4N7O2/c1-15-3-5-17(14-19(15)18-6-7-21-23(24(18)30)25(34)38-27(37-21)26(35)41)36-28(42)16-4-8-22(20(13-16)29(31,32)33)40-11-9-39(2)10-12-40/h3-8,13-14H,9-12H2,1-2H3,(H2,35,41)(H,36,42)(H2,34,37,38). The maximum atomic E-state index is 15.7. The average molecular weight is 582 g/mol. The molecule has 0 aliphatic carbocycles. The van der Waals surface area contributed by atoms with Crippen LogP contribution in [0.2, 0.25) is 0 Å². The van der Waals surface area contributed by atoms with Crippen LogP contribution in [0.25, 0.3) is 22.0 Å². The quantitative estimate of drug-likeness (QED) is 0.297. The van der Waals surface area contributed by atoms with Crippen molar-refractivity contribution < 1.29 is 27.2 Å². The lowest BCUT2D eigenvalue weighted by Gasteiger charge is -2.35. The normalized spacial score (nSPS) is 14.3. The van der Waals surface area contributed by atoms with Gasteiger partial charge in [0.05, 0.1) is 16.5 Å². The van der Waals surface area contributed by atoms with Crippen LogP contribution in [0.4, 0.5) is 34.8 Å². The molecule has 9 nitrogen and oxygen atoms in total. The third kappa shape index (κ3) is 5.55. The third-order valence-corrected chi connectivity index (χ3v) is 7.24. The minimum Gasteiger partial charge on any atom is -0.383 e. The Kier molecular flexibility index (Phi) is 7.45. The molecule has 1 aliphatic heterocycles. The molecular formula is C29H27F4N7O2. The van der Waals surface area contributed by atoms with E-state index in [1.807, 2.05) is 11.9 Å². The van der Waals surface area contributed by atoms with E-state index in [0.29, 0.717) is 37.3 Å². The van der Waals surface area contributed by atoms with Gasteiger partial charge in [0.1, 0.15) is 11.6 Å². The van der Waals surface area contributed by atoms with Crippen LogP contribution in [-0.2, 0) is 6.18 Å². The topological polar surface area (TPSA) is 130 Å². The van der Waals surface area contributed by atoms with E-state index in [0.717, 1.165) is 6.07 Å². The lowest BCUT2D eigenvalue weighted by molar-refractivity contribution is -0.137. The van der Waals surface area contributed by atoms with Gasteiger partial charge in [-0.1, -0.05) is 6.07 Å². The van der Waals surface area contributed by atoms with E-state index >= 15 is 4.39 Å². The molecule has 1 aliphatic rings. The molecule has 2 heterocycles. The molecule has 0 spiro atoms. The van der Waals surface area contributed by atoms with Crippen LogP contribution in [0.5, 0.6) is 0 Å². The molecule has 4 aromatic rings. The van der Waals surface area contributed by atoms with Crippen molar-refractivity contribution in [1.29, 1.82) is 0 Å². The summed E-state index contributed by atoms with van der Waals surface area (Å²) in [7, 11) is 1.91. The van der Waals surface area contributed by atoms with Gasteiger partial charge in [-0.2, -0.15) is 13.2 Å². The summed E-state index contributed by atoms with van der Waals surface area (Å²) in [4.78, 5) is 36.0. The summed E-state index contributed by atoms with van der Waals surface area (Å²) in [6.07, 6.45) is -4.66. The smallest absolute Gasteiger partial charge is 0.383 e. The molecule has 0 unspecified atom stereocenters. The molecule has 13 heteroatoms. The predicted molar refractivity (Wildman–Crippen MR) is 152 cm³/mol. The van der Waals surface area contributed by atoms with Gasteiger partial charge in [0.2, 0.25) is 5.82 Å². The van der Waals surface area contributed by atoms with Crippen molar-refractivity contribution in [3.63, 3.8) is 0 Å². The maximum Gasteiger partial charge on any atom is 0.418 e. The SMILES string of the molecule is Cc1ccc(NC(=O)c2ccc(N3CCN(C)CC3)c(C(F)(F)F)c2)cc1-c1ccc2nc(C(N)=O)nc(N)c2c1F. The van der Waals surface area contributed by atoms with Gasteiger partial charge in [-0.15, -0.1) is 0 Å². The summed E-state index contributed by atoms with van der Waals surface area (Å²) in [6, 6.07) is 11.2. The fraction of sp³-hybridized carbons (Fsp3) is 0.241. The van der Waals surface area contributed by atoms with Crippen molar-refractivity contribution in [2.24, 2.45) is 5.73 Å². The fourth-order valence-corrected chi connectivity index (χ4v) is 4.95. The lowest BCUT2D eigenvalue weighted by Crippen LogP contribution is -2.45. The van der Waals surface area contributed by atoms with Crippen LogP contribution in [-0.4, -0.2) is 59.9 Å². The number of benzene rings is 3. The van der Waals surface area contributed by atoms with E-state index in [4.69, 9.17) is 11.5 Å². The molecule has 0 saturated carbocycles. The molecule has 42 heavy (non-hydrogen) atoms. The zero-order valence-corrected chi connectivity index (χ0v) is 22.7. The number of anilines is 3. The molecule has 0 bridgehead atoms. The molecule has 2 amide bonds. The molecule has 3 aromatic carbocycles. The molecule has 1 saturated heterocycles. The number of carbonyl (C=O) groups excluding carboxylic acids is 2. The zero-order chi connectivity index (χ0) is 30.3. The number of rotatable bonds is 5. The van der Waals surface area contributed by atoms with Gasteiger partial charge >= 0.3 is 6.18 Å². The Balaban J connectivity index is 1.46. The highest BCUT2D eigenvalue weighted by Gasteiger charge is 2.36. The first kappa shape index (κ1) is 28.7. The predicted octanol–water partition coefficient (Wildman–Crippen LogP) is 4.45. The van der Waals surface area contributed by atoms with Crippen molar-refractivity contribution in [3.8, 4) is 11.1 Å². The number of aromatic nitrogens is 2. The van der Waals surface area contributed by atoms with Gasteiger partial charge in [-0.3, -0.25) is 9.59 Å². The summed E-state index contributed by atoms with van der Waals surface area (Å²) < 4.78 is 57.8.